The molecule has 196 valence electrons. The van der Waals surface area contributed by atoms with Gasteiger partial charge in [-0.05, 0) is 34.1 Å². The highest BCUT2D eigenvalue weighted by Gasteiger charge is 2.34. The number of carbonyl (C=O) groups excluding carboxylic acids is 1. The van der Waals surface area contributed by atoms with Crippen LogP contribution < -0.4 is 16.7 Å². The summed E-state index contributed by atoms with van der Waals surface area (Å²) in [7, 11) is -4.38. The van der Waals surface area contributed by atoms with Gasteiger partial charge in [-0.25, -0.2) is 10.9 Å². The minimum atomic E-state index is -4.38. The zero-order valence-electron chi connectivity index (χ0n) is 19.9. The quantitative estimate of drug-likeness (QED) is 0.129. The van der Waals surface area contributed by atoms with Crippen molar-refractivity contribution >= 4 is 16.2 Å². The predicted molar refractivity (Wildman–Crippen MR) is 119 cm³/mol. The highest BCUT2D eigenvalue weighted by atomic mass is 32.3. The zero-order valence-corrected chi connectivity index (χ0v) is 20.7. The number of aliphatic hydroxyl groups excluding tert-OH is 3. The highest BCUT2D eigenvalue weighted by Crippen LogP contribution is 2.31. The molecule has 3 rings (SSSR count). The summed E-state index contributed by atoms with van der Waals surface area (Å²) >= 11 is 0. The zero-order chi connectivity index (χ0) is 26.2. The molecule has 3 aliphatic rings. The first-order valence-corrected chi connectivity index (χ1v) is 11.6. The average molecular weight is 502 g/mol. The van der Waals surface area contributed by atoms with Crippen LogP contribution in [0, 0.1) is 0 Å². The van der Waals surface area contributed by atoms with Crippen molar-refractivity contribution in [2.24, 2.45) is 26.4 Å². The average Bonchev–Trinajstić information content (AvgIpc) is 3.64. The second kappa shape index (κ2) is 16.2. The maximum Gasteiger partial charge on any atom is 0.413 e. The minimum Gasteiger partial charge on any atom is -0.396 e. The molecule has 1 fully saturated rings. The summed E-state index contributed by atoms with van der Waals surface area (Å²) in [5.74, 6) is 4.01. The van der Waals surface area contributed by atoms with Crippen molar-refractivity contribution in [1.82, 2.24) is 10.9 Å². The number of nitrogens with one attached hydrogen (secondary N) is 2. The van der Waals surface area contributed by atoms with E-state index in [4.69, 9.17) is 19.9 Å². The summed E-state index contributed by atoms with van der Waals surface area (Å²) in [6, 6.07) is 0. The Morgan fingerprint density at radius 2 is 1.30 bits per heavy atom. The molecule has 16 heteroatoms. The predicted octanol–water partition coefficient (Wildman–Crippen LogP) is 0.349. The normalized spacial score (nSPS) is 18.5. The molecule has 3 heterocycles. The van der Waals surface area contributed by atoms with Gasteiger partial charge in [0.1, 0.15) is 5.78 Å². The Morgan fingerprint density at radius 1 is 0.909 bits per heavy atom. The van der Waals surface area contributed by atoms with Crippen LogP contribution in [0.1, 0.15) is 66.7 Å². The van der Waals surface area contributed by atoms with Crippen LogP contribution in [-0.4, -0.2) is 70.9 Å². The fourth-order valence-corrected chi connectivity index (χ4v) is 1.67. The summed E-state index contributed by atoms with van der Waals surface area (Å²) in [6.07, 6.45) is 4.05. The summed E-state index contributed by atoms with van der Waals surface area (Å²) < 4.78 is 28.8. The van der Waals surface area contributed by atoms with Gasteiger partial charge in [0.05, 0.1) is 5.66 Å². The summed E-state index contributed by atoms with van der Waals surface area (Å²) in [4.78, 5) is 9.88. The largest absolute Gasteiger partial charge is 0.413 e. The van der Waals surface area contributed by atoms with Crippen LogP contribution in [0.4, 0.5) is 0 Å². The SMILES string of the molecule is CC(=O)CCO.CC1(CCO)N=N1.CC1(CCO)NN1.CCCC1(C)N=N1.NOS(=O)(=O)O. The molecule has 0 atom stereocenters. The van der Waals surface area contributed by atoms with E-state index in [2.05, 4.69) is 55.3 Å². The Hall–Kier alpha value is -1.50. The van der Waals surface area contributed by atoms with Gasteiger partial charge in [-0.15, -0.1) is 0 Å². The van der Waals surface area contributed by atoms with E-state index < -0.39 is 10.4 Å². The van der Waals surface area contributed by atoms with Crippen molar-refractivity contribution in [3.05, 3.63) is 0 Å². The van der Waals surface area contributed by atoms with Crippen LogP contribution in [0.25, 0.3) is 0 Å². The third-order valence-electron chi connectivity index (χ3n) is 3.94. The van der Waals surface area contributed by atoms with Gasteiger partial charge in [0.15, 0.2) is 11.3 Å². The van der Waals surface area contributed by atoms with E-state index in [9.17, 15) is 13.2 Å². The molecule has 0 aliphatic carbocycles. The molecule has 0 aromatic carbocycles. The van der Waals surface area contributed by atoms with Gasteiger partial charge in [-0.3, -0.25) is 9.35 Å². The first kappa shape index (κ1) is 33.7. The molecule has 1 saturated heterocycles. The van der Waals surface area contributed by atoms with Crippen LogP contribution in [0.2, 0.25) is 0 Å². The number of rotatable bonds is 9. The van der Waals surface area contributed by atoms with Gasteiger partial charge in [-0.1, -0.05) is 13.3 Å². The number of aliphatic hydroxyl groups is 3. The highest BCUT2D eigenvalue weighted by molar-refractivity contribution is 7.80. The van der Waals surface area contributed by atoms with Gasteiger partial charge in [-0.2, -0.15) is 39.1 Å². The lowest BCUT2D eigenvalue weighted by atomic mass is 10.1. The van der Waals surface area contributed by atoms with Gasteiger partial charge in [0.25, 0.3) is 0 Å². The molecule has 0 aromatic heterocycles. The van der Waals surface area contributed by atoms with E-state index in [1.165, 1.54) is 13.3 Å². The van der Waals surface area contributed by atoms with Crippen molar-refractivity contribution in [2.75, 3.05) is 19.8 Å². The first-order chi connectivity index (χ1) is 15.1. The van der Waals surface area contributed by atoms with E-state index in [0.29, 0.717) is 12.8 Å². The fraction of sp³-hybridized carbons (Fsp3) is 0.941. The Bertz CT molecular complexity index is 668. The molecule has 15 nitrogen and oxygen atoms in total. The minimum absolute atomic E-state index is 0.0185. The number of ketones is 1. The second-order valence-corrected chi connectivity index (χ2v) is 8.86. The van der Waals surface area contributed by atoms with Crippen molar-refractivity contribution in [3.8, 4) is 0 Å². The maximum atomic E-state index is 9.88. The smallest absolute Gasteiger partial charge is 0.396 e. The van der Waals surface area contributed by atoms with Crippen LogP contribution in [0.3, 0.4) is 0 Å². The number of Topliss-reactive ketones (excluding diaryl/α,β-unsaturated/α-hetero) is 1. The number of nitrogens with two attached hydrogens (primary N) is 1. The van der Waals surface area contributed by atoms with E-state index in [1.807, 2.05) is 13.8 Å². The lowest BCUT2D eigenvalue weighted by Gasteiger charge is -1.96. The van der Waals surface area contributed by atoms with Gasteiger partial charge >= 0.3 is 10.4 Å². The van der Waals surface area contributed by atoms with Gasteiger partial charge in [0.2, 0.25) is 0 Å². The number of hydrazine groups is 1. The molecule has 0 unspecified atom stereocenters. The third kappa shape index (κ3) is 25.0. The maximum absolute atomic E-state index is 9.88. The molecule has 0 spiro atoms. The molecule has 33 heavy (non-hydrogen) atoms. The van der Waals surface area contributed by atoms with Gasteiger partial charge in [0, 0.05) is 39.1 Å². The molecule has 0 radical (unpaired) electrons. The van der Waals surface area contributed by atoms with E-state index >= 15 is 0 Å². The number of hydrogen-bond donors (Lipinski definition) is 7. The van der Waals surface area contributed by atoms with Crippen molar-refractivity contribution < 1.29 is 37.4 Å². The lowest BCUT2D eigenvalue weighted by molar-refractivity contribution is -0.117. The Morgan fingerprint density at radius 3 is 1.39 bits per heavy atom. The Kier molecular flexibility index (Phi) is 16.5. The molecule has 0 saturated carbocycles. The monoisotopic (exact) mass is 501 g/mol. The molecule has 3 aliphatic heterocycles. The first-order valence-electron chi connectivity index (χ1n) is 10.2. The van der Waals surface area contributed by atoms with Crippen LogP contribution in [0.5, 0.6) is 0 Å². The van der Waals surface area contributed by atoms with Gasteiger partial charge < -0.3 is 15.3 Å². The number of hydrogen-bond acceptors (Lipinski definition) is 14. The number of carbonyl (C=O) groups is 1. The summed E-state index contributed by atoms with van der Waals surface area (Å²) in [6.45, 7) is 9.96. The van der Waals surface area contributed by atoms with E-state index in [1.54, 1.807) is 0 Å². The molecule has 8 N–H and O–H groups in total. The fourth-order valence-electron chi connectivity index (χ4n) is 1.67. The van der Waals surface area contributed by atoms with E-state index in [0.717, 1.165) is 12.8 Å². The van der Waals surface area contributed by atoms with Crippen LogP contribution >= 0.6 is 0 Å². The molecule has 0 amide bonds. The Balaban J connectivity index is 0. The second-order valence-electron chi connectivity index (χ2n) is 7.81. The molecule has 0 bridgehead atoms. The standard InChI is InChI=1S/C5H10N2.C4H10N2O.C4H8N2O.C4H8O2.H3NO4S/c1-3-4-5(2)6-7-5;2*1-4(2-3-7)5-6-4;1-4(6)2-3-5;1-5-6(2,3)4/h3-4H2,1-2H3;5-7H,2-3H2,1H3;7H,2-3H2,1H3;5H,2-3H2,1H3;1H2,(H,2,3,4). The Labute approximate surface area is 194 Å². The van der Waals surface area contributed by atoms with Crippen LogP contribution in [0.15, 0.2) is 20.5 Å². The number of nitrogens with zero attached hydrogens (tertiary/aromatic N) is 4. The topological polar surface area (TPSA) is 261 Å². The molecule has 0 aromatic rings. The van der Waals surface area contributed by atoms with Crippen molar-refractivity contribution in [1.29, 1.82) is 0 Å². The third-order valence-corrected chi connectivity index (χ3v) is 4.18. The summed E-state index contributed by atoms with van der Waals surface area (Å²) in [5.41, 5.74) is 5.70. The lowest BCUT2D eigenvalue weighted by Crippen LogP contribution is -2.12. The van der Waals surface area contributed by atoms with Crippen molar-refractivity contribution in [3.63, 3.8) is 0 Å². The summed E-state index contributed by atoms with van der Waals surface area (Å²) in [5, 5.41) is 39.8. The molecular formula is C17H39N7O8S. The van der Waals surface area contributed by atoms with E-state index in [-0.39, 0.29) is 42.6 Å². The van der Waals surface area contributed by atoms with Crippen LogP contribution in [-0.2, 0) is 19.5 Å². The molecular weight excluding hydrogens is 462 g/mol. The van der Waals surface area contributed by atoms with Crippen molar-refractivity contribution in [2.45, 2.75) is 83.7 Å².